The number of imidazole rings is 1. The quantitative estimate of drug-likeness (QED) is 0.321. The highest BCUT2D eigenvalue weighted by Gasteiger charge is 2.34. The summed E-state index contributed by atoms with van der Waals surface area (Å²) in [5.74, 6) is 0.445. The SMILES string of the molecule is CCCCOC(=O)[C@H](CC(C)C)N(C)S(=O)(=O)c1ccc(Cc2nccc3[nH]c(C)nc23)cc1. The maximum atomic E-state index is 13.3. The number of fused-ring (bicyclic) bond motifs is 1. The third-order valence-corrected chi connectivity index (χ3v) is 7.60. The van der Waals surface area contributed by atoms with Gasteiger partial charge in [0.05, 0.1) is 22.7 Å². The van der Waals surface area contributed by atoms with Crippen LogP contribution in [0.5, 0.6) is 0 Å². The molecule has 3 aromatic rings. The predicted molar refractivity (Wildman–Crippen MR) is 132 cm³/mol. The number of aromatic amines is 1. The average molecular weight is 487 g/mol. The van der Waals surface area contributed by atoms with E-state index in [1.165, 1.54) is 7.05 Å². The van der Waals surface area contributed by atoms with E-state index in [2.05, 4.69) is 15.0 Å². The van der Waals surface area contributed by atoms with Gasteiger partial charge >= 0.3 is 5.97 Å². The first kappa shape index (κ1) is 25.8. The van der Waals surface area contributed by atoms with E-state index >= 15 is 0 Å². The molecule has 184 valence electrons. The molecule has 0 amide bonds. The van der Waals surface area contributed by atoms with Gasteiger partial charge in [0.2, 0.25) is 10.0 Å². The monoisotopic (exact) mass is 486 g/mol. The van der Waals surface area contributed by atoms with Crippen LogP contribution in [0.15, 0.2) is 41.4 Å². The molecule has 0 saturated heterocycles. The van der Waals surface area contributed by atoms with Crippen LogP contribution in [0, 0.1) is 12.8 Å². The molecule has 9 heteroatoms. The van der Waals surface area contributed by atoms with Gasteiger partial charge in [0.1, 0.15) is 17.4 Å². The van der Waals surface area contributed by atoms with Gasteiger partial charge in [0.25, 0.3) is 0 Å². The molecule has 2 heterocycles. The minimum Gasteiger partial charge on any atom is -0.464 e. The zero-order valence-corrected chi connectivity index (χ0v) is 21.4. The molecule has 0 fully saturated rings. The Kier molecular flexibility index (Phi) is 8.43. The molecule has 8 nitrogen and oxygen atoms in total. The van der Waals surface area contributed by atoms with E-state index in [9.17, 15) is 13.2 Å². The molecular weight excluding hydrogens is 452 g/mol. The van der Waals surface area contributed by atoms with Crippen molar-refractivity contribution in [2.45, 2.75) is 64.3 Å². The average Bonchev–Trinajstić information content (AvgIpc) is 3.18. The van der Waals surface area contributed by atoms with Gasteiger partial charge in [-0.05, 0) is 49.4 Å². The van der Waals surface area contributed by atoms with Crippen molar-refractivity contribution in [3.63, 3.8) is 0 Å². The number of hydrogen-bond acceptors (Lipinski definition) is 6. The van der Waals surface area contributed by atoms with Gasteiger partial charge in [-0.25, -0.2) is 13.4 Å². The molecule has 0 aliphatic rings. The van der Waals surface area contributed by atoms with Crippen molar-refractivity contribution in [3.8, 4) is 0 Å². The number of ether oxygens (including phenoxy) is 1. The number of nitrogens with zero attached hydrogens (tertiary/aromatic N) is 3. The minimum atomic E-state index is -3.88. The van der Waals surface area contributed by atoms with E-state index in [4.69, 9.17) is 4.74 Å². The van der Waals surface area contributed by atoms with Crippen LogP contribution in [-0.2, 0) is 26.0 Å². The summed E-state index contributed by atoms with van der Waals surface area (Å²) in [5.41, 5.74) is 3.47. The van der Waals surface area contributed by atoms with Crippen LogP contribution in [0.3, 0.4) is 0 Å². The number of benzene rings is 1. The second-order valence-electron chi connectivity index (χ2n) is 8.98. The van der Waals surface area contributed by atoms with Crippen molar-refractivity contribution in [2.24, 2.45) is 5.92 Å². The van der Waals surface area contributed by atoms with E-state index in [1.807, 2.05) is 33.8 Å². The highest BCUT2D eigenvalue weighted by Crippen LogP contribution is 2.23. The molecule has 1 aromatic carbocycles. The van der Waals surface area contributed by atoms with Crippen molar-refractivity contribution in [3.05, 3.63) is 53.6 Å². The lowest BCUT2D eigenvalue weighted by molar-refractivity contribution is -0.148. The Morgan fingerprint density at radius 3 is 2.53 bits per heavy atom. The second-order valence-corrected chi connectivity index (χ2v) is 11.0. The Hall–Kier alpha value is -2.78. The molecule has 0 bridgehead atoms. The molecule has 0 spiro atoms. The summed E-state index contributed by atoms with van der Waals surface area (Å²) < 4.78 is 33.2. The largest absolute Gasteiger partial charge is 0.464 e. The van der Waals surface area contributed by atoms with Crippen LogP contribution in [0.4, 0.5) is 0 Å². The number of sulfonamides is 1. The number of aryl methyl sites for hydroxylation is 1. The van der Waals surface area contributed by atoms with Crippen LogP contribution >= 0.6 is 0 Å². The zero-order chi connectivity index (χ0) is 24.9. The third-order valence-electron chi connectivity index (χ3n) is 5.71. The molecule has 1 atom stereocenters. The Labute approximate surface area is 201 Å². The maximum Gasteiger partial charge on any atom is 0.324 e. The zero-order valence-electron chi connectivity index (χ0n) is 20.5. The van der Waals surface area contributed by atoms with Crippen LogP contribution in [0.2, 0.25) is 0 Å². The number of carbonyl (C=O) groups is 1. The van der Waals surface area contributed by atoms with Crippen molar-refractivity contribution in [2.75, 3.05) is 13.7 Å². The first-order valence-electron chi connectivity index (χ1n) is 11.7. The van der Waals surface area contributed by atoms with E-state index in [0.717, 1.165) is 45.3 Å². The molecular formula is C25H34N4O4S. The summed E-state index contributed by atoms with van der Waals surface area (Å²) in [6, 6.07) is 7.71. The summed E-state index contributed by atoms with van der Waals surface area (Å²) in [6.45, 7) is 8.11. The fourth-order valence-electron chi connectivity index (χ4n) is 3.80. The molecule has 0 aliphatic carbocycles. The van der Waals surface area contributed by atoms with E-state index in [-0.39, 0.29) is 10.8 Å². The molecule has 2 aromatic heterocycles. The Balaban J connectivity index is 1.79. The standard InChI is InChI=1S/C25H34N4O4S/c1-6-7-14-33-25(30)23(15-17(2)3)29(5)34(31,32)20-10-8-19(9-11-20)16-22-24-21(12-13-26-22)27-18(4)28-24/h8-13,17,23H,6-7,14-16H2,1-5H3,(H,27,28)/t23-/m0/s1. The van der Waals surface area contributed by atoms with Gasteiger partial charge in [-0.1, -0.05) is 39.3 Å². The number of hydrogen-bond donors (Lipinski definition) is 1. The fraction of sp³-hybridized carbons (Fsp3) is 0.480. The Morgan fingerprint density at radius 1 is 1.18 bits per heavy atom. The molecule has 1 N–H and O–H groups in total. The minimum absolute atomic E-state index is 0.129. The molecule has 3 rings (SSSR count). The van der Waals surface area contributed by atoms with Crippen LogP contribution < -0.4 is 0 Å². The lowest BCUT2D eigenvalue weighted by Crippen LogP contribution is -2.44. The smallest absolute Gasteiger partial charge is 0.324 e. The second kappa shape index (κ2) is 11.1. The van der Waals surface area contributed by atoms with E-state index in [0.29, 0.717) is 19.4 Å². The van der Waals surface area contributed by atoms with Gasteiger partial charge in [-0.15, -0.1) is 0 Å². The summed E-state index contributed by atoms with van der Waals surface area (Å²) in [6.07, 6.45) is 4.29. The molecule has 0 aliphatic heterocycles. The number of likely N-dealkylation sites (N-methyl/N-ethyl adjacent to an activating group) is 1. The van der Waals surface area contributed by atoms with Gasteiger partial charge in [0, 0.05) is 19.7 Å². The summed E-state index contributed by atoms with van der Waals surface area (Å²) >= 11 is 0. The predicted octanol–water partition coefficient (Wildman–Crippen LogP) is 4.24. The number of H-pyrrole nitrogens is 1. The Bertz CT molecular complexity index is 1220. The topological polar surface area (TPSA) is 105 Å². The molecule has 34 heavy (non-hydrogen) atoms. The van der Waals surface area contributed by atoms with Crippen LogP contribution in [0.25, 0.3) is 11.0 Å². The van der Waals surface area contributed by atoms with Gasteiger partial charge in [0.15, 0.2) is 0 Å². The summed E-state index contributed by atoms with van der Waals surface area (Å²) in [7, 11) is -2.43. The highest BCUT2D eigenvalue weighted by atomic mass is 32.2. The third kappa shape index (κ3) is 6.01. The highest BCUT2D eigenvalue weighted by molar-refractivity contribution is 7.89. The number of unbranched alkanes of at least 4 members (excludes halogenated alkanes) is 1. The van der Waals surface area contributed by atoms with Crippen molar-refractivity contribution >= 4 is 27.0 Å². The van der Waals surface area contributed by atoms with Gasteiger partial charge in [-0.3, -0.25) is 9.78 Å². The number of esters is 1. The van der Waals surface area contributed by atoms with Crippen molar-refractivity contribution in [1.29, 1.82) is 0 Å². The van der Waals surface area contributed by atoms with E-state index in [1.54, 1.807) is 30.5 Å². The molecule has 0 radical (unpaired) electrons. The number of aromatic nitrogens is 3. The van der Waals surface area contributed by atoms with Gasteiger partial charge < -0.3 is 9.72 Å². The van der Waals surface area contributed by atoms with Crippen LogP contribution in [-0.4, -0.2) is 53.3 Å². The fourth-order valence-corrected chi connectivity index (χ4v) is 5.12. The van der Waals surface area contributed by atoms with Crippen LogP contribution in [0.1, 0.15) is 57.1 Å². The summed E-state index contributed by atoms with van der Waals surface area (Å²) in [4.78, 5) is 25.0. The molecule has 0 saturated carbocycles. The number of nitrogens with one attached hydrogen (secondary N) is 1. The maximum absolute atomic E-state index is 13.3. The lowest BCUT2D eigenvalue weighted by atomic mass is 10.0. The first-order chi connectivity index (χ1) is 16.1. The van der Waals surface area contributed by atoms with Gasteiger partial charge in [-0.2, -0.15) is 4.31 Å². The van der Waals surface area contributed by atoms with E-state index < -0.39 is 22.0 Å². The molecule has 0 unspecified atom stereocenters. The summed E-state index contributed by atoms with van der Waals surface area (Å²) in [5, 5.41) is 0. The van der Waals surface area contributed by atoms with Crippen molar-refractivity contribution in [1.82, 2.24) is 19.3 Å². The Morgan fingerprint density at radius 2 is 1.88 bits per heavy atom. The lowest BCUT2D eigenvalue weighted by Gasteiger charge is -2.27. The number of pyridine rings is 1. The number of carbonyl (C=O) groups excluding carboxylic acids is 1. The first-order valence-corrected chi connectivity index (χ1v) is 13.1. The normalized spacial score (nSPS) is 13.0. The van der Waals surface area contributed by atoms with Crippen molar-refractivity contribution < 1.29 is 17.9 Å². The number of rotatable bonds is 11.